The van der Waals surface area contributed by atoms with Gasteiger partial charge in [-0.2, -0.15) is 0 Å². The third-order valence-electron chi connectivity index (χ3n) is 8.87. The van der Waals surface area contributed by atoms with Gasteiger partial charge in [0.1, 0.15) is 0 Å². The molecule has 4 unspecified atom stereocenters. The fourth-order valence-corrected chi connectivity index (χ4v) is 6.23. The number of carboxylic acids is 1. The van der Waals surface area contributed by atoms with Crippen molar-refractivity contribution in [2.24, 2.45) is 23.7 Å². The number of rotatable bonds is 15. The lowest BCUT2D eigenvalue weighted by atomic mass is 9.87. The van der Waals surface area contributed by atoms with Crippen LogP contribution in [-0.2, 0) is 23.7 Å². The van der Waals surface area contributed by atoms with E-state index in [0.29, 0.717) is 18.8 Å². The van der Waals surface area contributed by atoms with Crippen molar-refractivity contribution in [2.75, 3.05) is 13.2 Å². The van der Waals surface area contributed by atoms with Crippen LogP contribution in [0.1, 0.15) is 110 Å². The van der Waals surface area contributed by atoms with Gasteiger partial charge in [0.2, 0.25) is 0 Å². The van der Waals surface area contributed by atoms with E-state index in [-0.39, 0.29) is 49.0 Å². The second-order valence-corrected chi connectivity index (χ2v) is 12.4. The molecule has 0 radical (unpaired) electrons. The Bertz CT molecular complexity index is 831. The van der Waals surface area contributed by atoms with Crippen LogP contribution in [0.15, 0.2) is 12.2 Å². The van der Waals surface area contributed by atoms with Gasteiger partial charge in [0.25, 0.3) is 0 Å². The summed E-state index contributed by atoms with van der Waals surface area (Å²) in [5.41, 5.74) is 0. The third kappa shape index (κ3) is 10.8. The van der Waals surface area contributed by atoms with Gasteiger partial charge in [0.05, 0.1) is 18.3 Å². The molecule has 7 nitrogen and oxygen atoms in total. The van der Waals surface area contributed by atoms with E-state index in [2.05, 4.69) is 30.9 Å². The number of hydrogen-bond donors (Lipinski definition) is 2. The normalized spacial score (nSPS) is 32.5. The lowest BCUT2D eigenvalue weighted by Crippen LogP contribution is -2.32. The molecule has 2 saturated carbocycles. The highest BCUT2D eigenvalue weighted by atomic mass is 16.7. The van der Waals surface area contributed by atoms with Crippen LogP contribution < -0.4 is 0 Å². The molecule has 0 aromatic carbocycles. The molecule has 0 aromatic heterocycles. The van der Waals surface area contributed by atoms with Gasteiger partial charge in [-0.05, 0) is 76.0 Å². The SMILES string of the molecule is CC(CC#CC1CC1)C(/C=C/[C@@H]1[C@@H](CCCCCCC(=O)O)[C@@H](O)C[C@H]1OC1CCCCO1)OC1CCCCO1. The number of aliphatic hydroxyl groups is 1. The first-order valence-corrected chi connectivity index (χ1v) is 16.1. The first-order valence-electron chi connectivity index (χ1n) is 16.1. The Hall–Kier alpha value is -1.43. The Labute approximate surface area is 241 Å². The quantitative estimate of drug-likeness (QED) is 0.139. The molecule has 40 heavy (non-hydrogen) atoms. The third-order valence-corrected chi connectivity index (χ3v) is 8.87. The molecule has 0 bridgehead atoms. The molecule has 2 N–H and O–H groups in total. The molecule has 226 valence electrons. The number of aliphatic hydroxyl groups excluding tert-OH is 1. The van der Waals surface area contributed by atoms with E-state index in [0.717, 1.165) is 83.8 Å². The molecule has 7 heteroatoms. The Morgan fingerprint density at radius 1 is 1.00 bits per heavy atom. The molecule has 4 fully saturated rings. The van der Waals surface area contributed by atoms with Crippen LogP contribution in [0.4, 0.5) is 0 Å². The summed E-state index contributed by atoms with van der Waals surface area (Å²) in [6.45, 7) is 3.69. The van der Waals surface area contributed by atoms with Crippen molar-refractivity contribution in [3.63, 3.8) is 0 Å². The molecular formula is C33H52O7. The Morgan fingerprint density at radius 3 is 2.40 bits per heavy atom. The van der Waals surface area contributed by atoms with Crippen LogP contribution in [0.2, 0.25) is 0 Å². The molecule has 8 atom stereocenters. The number of unbranched alkanes of at least 4 members (excludes halogenated alkanes) is 3. The van der Waals surface area contributed by atoms with E-state index in [4.69, 9.17) is 24.1 Å². The molecule has 2 aliphatic carbocycles. The minimum Gasteiger partial charge on any atom is -0.481 e. The summed E-state index contributed by atoms with van der Waals surface area (Å²) in [6.07, 6.45) is 18.2. The van der Waals surface area contributed by atoms with E-state index in [1.807, 2.05) is 0 Å². The van der Waals surface area contributed by atoms with E-state index < -0.39 is 12.1 Å². The average molecular weight is 561 g/mol. The predicted molar refractivity (Wildman–Crippen MR) is 153 cm³/mol. The summed E-state index contributed by atoms with van der Waals surface area (Å²) in [4.78, 5) is 10.8. The minimum absolute atomic E-state index is 0.0719. The molecular weight excluding hydrogens is 508 g/mol. The van der Waals surface area contributed by atoms with Gasteiger partial charge in [0, 0.05) is 44.3 Å². The molecule has 4 aliphatic rings. The highest BCUT2D eigenvalue weighted by molar-refractivity contribution is 5.66. The molecule has 4 rings (SSSR count). The summed E-state index contributed by atoms with van der Waals surface area (Å²) in [5.74, 6) is 7.05. The molecule has 2 saturated heterocycles. The van der Waals surface area contributed by atoms with Crippen LogP contribution in [0.25, 0.3) is 0 Å². The lowest BCUT2D eigenvalue weighted by molar-refractivity contribution is -0.193. The van der Waals surface area contributed by atoms with Crippen LogP contribution in [0.3, 0.4) is 0 Å². The lowest BCUT2D eigenvalue weighted by Gasteiger charge is -2.31. The zero-order valence-corrected chi connectivity index (χ0v) is 24.5. The van der Waals surface area contributed by atoms with Gasteiger partial charge in [-0.25, -0.2) is 0 Å². The van der Waals surface area contributed by atoms with Crippen LogP contribution >= 0.6 is 0 Å². The van der Waals surface area contributed by atoms with Gasteiger partial charge in [0.15, 0.2) is 12.6 Å². The standard InChI is InChI=1S/C33H52O7/c1-24(11-10-12-25-17-18-25)29(39-32-15-6-8-21-37-32)20-19-27-26(13-4-2-3-5-14-31(35)36)28(34)23-30(27)40-33-16-7-9-22-38-33/h19-20,24-30,32-34H,2-9,11,13-18,21-23H2,1H3,(H,35,36)/b20-19+/t24?,26-,27-,28+,29?,30-,32?,33?/m1/s1. The van der Waals surface area contributed by atoms with Crippen molar-refractivity contribution < 1.29 is 34.0 Å². The highest BCUT2D eigenvalue weighted by Crippen LogP contribution is 2.40. The Kier molecular flexibility index (Phi) is 13.3. The Balaban J connectivity index is 1.42. The second-order valence-electron chi connectivity index (χ2n) is 12.4. The van der Waals surface area contributed by atoms with Crippen LogP contribution in [-0.4, -0.2) is 60.3 Å². The smallest absolute Gasteiger partial charge is 0.303 e. The van der Waals surface area contributed by atoms with Crippen molar-refractivity contribution in [3.8, 4) is 11.8 Å². The molecule has 0 aromatic rings. The van der Waals surface area contributed by atoms with Crippen molar-refractivity contribution in [1.82, 2.24) is 0 Å². The first-order chi connectivity index (χ1) is 19.5. The van der Waals surface area contributed by atoms with E-state index in [9.17, 15) is 9.90 Å². The maximum atomic E-state index is 11.1. The summed E-state index contributed by atoms with van der Waals surface area (Å²) in [7, 11) is 0. The fraction of sp³-hybridized carbons (Fsp3) is 0.848. The zero-order valence-electron chi connectivity index (χ0n) is 24.5. The second kappa shape index (κ2) is 16.9. The number of hydrogen-bond acceptors (Lipinski definition) is 6. The fourth-order valence-electron chi connectivity index (χ4n) is 6.23. The van der Waals surface area contributed by atoms with Crippen LogP contribution in [0, 0.1) is 35.5 Å². The summed E-state index contributed by atoms with van der Waals surface area (Å²) in [5, 5.41) is 20.0. The topological polar surface area (TPSA) is 94.5 Å². The van der Waals surface area contributed by atoms with Crippen LogP contribution in [0.5, 0.6) is 0 Å². The zero-order chi connectivity index (χ0) is 28.2. The van der Waals surface area contributed by atoms with E-state index >= 15 is 0 Å². The number of carbonyl (C=O) groups is 1. The maximum absolute atomic E-state index is 11.1. The number of aliphatic carboxylic acids is 1. The predicted octanol–water partition coefficient (Wildman–Crippen LogP) is 6.23. The monoisotopic (exact) mass is 560 g/mol. The van der Waals surface area contributed by atoms with E-state index in [1.54, 1.807) is 0 Å². The maximum Gasteiger partial charge on any atom is 0.303 e. The van der Waals surface area contributed by atoms with E-state index in [1.165, 1.54) is 12.8 Å². The highest BCUT2D eigenvalue weighted by Gasteiger charge is 2.43. The average Bonchev–Trinajstić information content (AvgIpc) is 3.73. The largest absolute Gasteiger partial charge is 0.481 e. The van der Waals surface area contributed by atoms with Crippen molar-refractivity contribution >= 4 is 5.97 Å². The number of carboxylic acid groups (broad SMARTS) is 1. The molecule has 0 amide bonds. The summed E-state index contributed by atoms with van der Waals surface area (Å²) in [6, 6.07) is 0. The minimum atomic E-state index is -0.732. The van der Waals surface area contributed by atoms with Gasteiger partial charge in [-0.15, -0.1) is 5.92 Å². The summed E-state index contributed by atoms with van der Waals surface area (Å²) >= 11 is 0. The van der Waals surface area contributed by atoms with Gasteiger partial charge in [-0.3, -0.25) is 4.79 Å². The van der Waals surface area contributed by atoms with Gasteiger partial charge >= 0.3 is 5.97 Å². The number of ether oxygens (including phenoxy) is 4. The first kappa shape index (κ1) is 31.5. The summed E-state index contributed by atoms with van der Waals surface area (Å²) < 4.78 is 24.9. The molecule has 2 heterocycles. The van der Waals surface area contributed by atoms with Crippen molar-refractivity contribution in [1.29, 1.82) is 0 Å². The van der Waals surface area contributed by atoms with Crippen molar-refractivity contribution in [3.05, 3.63) is 12.2 Å². The Morgan fingerprint density at radius 2 is 1.73 bits per heavy atom. The van der Waals surface area contributed by atoms with Gasteiger partial charge < -0.3 is 29.2 Å². The van der Waals surface area contributed by atoms with Crippen molar-refractivity contribution in [2.45, 2.75) is 141 Å². The molecule has 0 spiro atoms. The van der Waals surface area contributed by atoms with Gasteiger partial charge in [-0.1, -0.05) is 44.3 Å². The molecule has 2 aliphatic heterocycles.